The molecule has 0 aromatic heterocycles. The molecule has 0 aliphatic rings. The maximum atomic E-state index is 12.5. The predicted octanol–water partition coefficient (Wildman–Crippen LogP) is 0.671. The third-order valence-corrected chi connectivity index (χ3v) is 1.24. The zero-order chi connectivity index (χ0) is 10.4. The van der Waals surface area contributed by atoms with Gasteiger partial charge in [-0.25, -0.2) is 8.78 Å². The van der Waals surface area contributed by atoms with Crippen molar-refractivity contribution in [2.24, 2.45) is 0 Å². The van der Waals surface area contributed by atoms with Gasteiger partial charge in [-0.05, 0) is 6.07 Å². The molecule has 0 fully saturated rings. The van der Waals surface area contributed by atoms with Crippen LogP contribution in [0.4, 0.5) is 8.78 Å². The van der Waals surface area contributed by atoms with Crippen molar-refractivity contribution in [3.63, 3.8) is 0 Å². The summed E-state index contributed by atoms with van der Waals surface area (Å²) >= 11 is 0. The molecule has 0 bridgehead atoms. The first-order valence-corrected chi connectivity index (χ1v) is 3.92. The van der Waals surface area contributed by atoms with Gasteiger partial charge in [0.25, 0.3) is 0 Å². The minimum Gasteiger partial charge on any atom is -0.423 e. The number of rotatable bonds is 1. The molecule has 0 heterocycles. The Kier molecular flexibility index (Phi) is 5.26. The van der Waals surface area contributed by atoms with Gasteiger partial charge in [-0.1, -0.05) is 19.9 Å². The Labute approximate surface area is 76.0 Å². The van der Waals surface area contributed by atoms with Gasteiger partial charge in [-0.15, -0.1) is 0 Å². The van der Waals surface area contributed by atoms with Crippen LogP contribution in [0.25, 0.3) is 0 Å². The summed E-state index contributed by atoms with van der Waals surface area (Å²) in [4.78, 5) is 0. The summed E-state index contributed by atoms with van der Waals surface area (Å²) in [5.41, 5.74) is -0.327. The smallest absolute Gasteiger partial charge is 0.423 e. The first-order valence-electron chi connectivity index (χ1n) is 3.92. The third-order valence-electron chi connectivity index (χ3n) is 1.24. The molecule has 2 N–H and O–H groups in total. The van der Waals surface area contributed by atoms with E-state index in [9.17, 15) is 8.78 Å². The Balaban J connectivity index is 0.000000671. The summed E-state index contributed by atoms with van der Waals surface area (Å²) in [6, 6.07) is 2.53. The molecule has 72 valence electrons. The summed E-state index contributed by atoms with van der Waals surface area (Å²) < 4.78 is 24.7. The zero-order valence-electron chi connectivity index (χ0n) is 7.46. The lowest BCUT2D eigenvalue weighted by atomic mass is 9.80. The summed E-state index contributed by atoms with van der Waals surface area (Å²) in [6.45, 7) is 4.00. The van der Waals surface area contributed by atoms with Crippen LogP contribution in [0.15, 0.2) is 18.2 Å². The highest BCUT2D eigenvalue weighted by atomic mass is 19.1. The number of hydrogen-bond donors (Lipinski definition) is 2. The van der Waals surface area contributed by atoms with Gasteiger partial charge in [0.15, 0.2) is 0 Å². The van der Waals surface area contributed by atoms with Crippen LogP contribution in [0.5, 0.6) is 0 Å². The average Bonchev–Trinajstić information content (AvgIpc) is 2.07. The quantitative estimate of drug-likeness (QED) is 0.636. The zero-order valence-corrected chi connectivity index (χ0v) is 7.46. The Bertz CT molecular complexity index is 266. The molecule has 13 heavy (non-hydrogen) atoms. The highest BCUT2D eigenvalue weighted by molar-refractivity contribution is 6.58. The molecule has 0 radical (unpaired) electrons. The fourth-order valence-corrected chi connectivity index (χ4v) is 0.711. The van der Waals surface area contributed by atoms with E-state index in [2.05, 4.69) is 0 Å². The summed E-state index contributed by atoms with van der Waals surface area (Å²) in [5, 5.41) is 17.0. The molecule has 0 atom stereocenters. The average molecular weight is 188 g/mol. The predicted molar refractivity (Wildman–Crippen MR) is 47.5 cm³/mol. The summed E-state index contributed by atoms with van der Waals surface area (Å²) in [5.74, 6) is -1.70. The van der Waals surface area contributed by atoms with Gasteiger partial charge >= 0.3 is 7.12 Å². The minimum absolute atomic E-state index is 0.327. The second-order valence-electron chi connectivity index (χ2n) is 2.04. The van der Waals surface area contributed by atoms with Crippen LogP contribution in [0.3, 0.4) is 0 Å². The largest absolute Gasteiger partial charge is 0.491 e. The van der Waals surface area contributed by atoms with Crippen molar-refractivity contribution in [2.45, 2.75) is 13.8 Å². The van der Waals surface area contributed by atoms with Gasteiger partial charge in [-0.2, -0.15) is 0 Å². The maximum absolute atomic E-state index is 12.5. The number of hydrogen-bond acceptors (Lipinski definition) is 2. The molecule has 2 nitrogen and oxygen atoms in total. The second-order valence-corrected chi connectivity index (χ2v) is 2.04. The van der Waals surface area contributed by atoms with E-state index in [1.165, 1.54) is 0 Å². The molecule has 1 rings (SSSR count). The van der Waals surface area contributed by atoms with Crippen LogP contribution < -0.4 is 5.46 Å². The van der Waals surface area contributed by atoms with Crippen molar-refractivity contribution in [1.82, 2.24) is 0 Å². The Morgan fingerprint density at radius 1 is 1.15 bits per heavy atom. The monoisotopic (exact) mass is 188 g/mol. The van der Waals surface area contributed by atoms with Gasteiger partial charge < -0.3 is 10.0 Å². The third kappa shape index (κ3) is 3.52. The van der Waals surface area contributed by atoms with E-state index in [0.29, 0.717) is 6.07 Å². The van der Waals surface area contributed by atoms with E-state index in [1.54, 1.807) is 0 Å². The summed E-state index contributed by atoms with van der Waals surface area (Å²) in [6.07, 6.45) is 0. The minimum atomic E-state index is -1.89. The van der Waals surface area contributed by atoms with E-state index in [0.717, 1.165) is 12.1 Å². The standard InChI is InChI=1S/C6H5BF2O2.C2H6/c8-4-1-2-5(7(10)11)6(9)3-4;1-2/h1-3,10-11H;1-2H3. The Morgan fingerprint density at radius 2 is 1.69 bits per heavy atom. The van der Waals surface area contributed by atoms with Crippen molar-refractivity contribution >= 4 is 12.6 Å². The van der Waals surface area contributed by atoms with Gasteiger partial charge in [0.1, 0.15) is 11.6 Å². The van der Waals surface area contributed by atoms with Crippen LogP contribution in [0.1, 0.15) is 13.8 Å². The Hall–Kier alpha value is -0.935. The van der Waals surface area contributed by atoms with Crippen LogP contribution in [0.2, 0.25) is 0 Å². The molecule has 0 amide bonds. The van der Waals surface area contributed by atoms with Gasteiger partial charge in [0.05, 0.1) is 0 Å². The number of halogens is 2. The normalized spacial score (nSPS) is 8.77. The molecule has 1 aromatic rings. The molecule has 0 spiro atoms. The fourth-order valence-electron chi connectivity index (χ4n) is 0.711. The lowest BCUT2D eigenvalue weighted by Gasteiger charge is -1.99. The number of benzene rings is 1. The van der Waals surface area contributed by atoms with Crippen molar-refractivity contribution in [3.05, 3.63) is 29.8 Å². The second kappa shape index (κ2) is 5.67. The van der Waals surface area contributed by atoms with Crippen LogP contribution in [-0.2, 0) is 0 Å². The van der Waals surface area contributed by atoms with Gasteiger partial charge in [-0.3, -0.25) is 0 Å². The molecular formula is C8H11BF2O2. The van der Waals surface area contributed by atoms with Crippen molar-refractivity contribution in [1.29, 1.82) is 0 Å². The van der Waals surface area contributed by atoms with Crippen LogP contribution in [-0.4, -0.2) is 17.2 Å². The fraction of sp³-hybridized carbons (Fsp3) is 0.250. The van der Waals surface area contributed by atoms with Crippen molar-refractivity contribution < 1.29 is 18.8 Å². The van der Waals surface area contributed by atoms with Crippen molar-refractivity contribution in [3.8, 4) is 0 Å². The molecule has 0 aliphatic carbocycles. The maximum Gasteiger partial charge on any atom is 0.491 e. The van der Waals surface area contributed by atoms with Crippen LogP contribution in [0, 0.1) is 11.6 Å². The molecule has 5 heteroatoms. The molecule has 0 aliphatic heterocycles. The van der Waals surface area contributed by atoms with E-state index in [4.69, 9.17) is 10.0 Å². The topological polar surface area (TPSA) is 40.5 Å². The van der Waals surface area contributed by atoms with E-state index < -0.39 is 18.8 Å². The van der Waals surface area contributed by atoms with E-state index in [1.807, 2.05) is 13.8 Å². The highest BCUT2D eigenvalue weighted by Gasteiger charge is 2.15. The first kappa shape index (κ1) is 12.1. The Morgan fingerprint density at radius 3 is 2.08 bits per heavy atom. The first-order chi connectivity index (χ1) is 6.11. The summed E-state index contributed by atoms with van der Waals surface area (Å²) in [7, 11) is -1.89. The molecule has 0 saturated carbocycles. The van der Waals surface area contributed by atoms with Gasteiger partial charge in [0.2, 0.25) is 0 Å². The molecule has 0 unspecified atom stereocenters. The van der Waals surface area contributed by atoms with Crippen LogP contribution >= 0.6 is 0 Å². The molecular weight excluding hydrogens is 177 g/mol. The molecule has 0 saturated heterocycles. The lowest BCUT2D eigenvalue weighted by molar-refractivity contribution is 0.422. The lowest BCUT2D eigenvalue weighted by Crippen LogP contribution is -2.32. The molecule has 1 aromatic carbocycles. The van der Waals surface area contributed by atoms with Crippen molar-refractivity contribution in [2.75, 3.05) is 0 Å². The van der Waals surface area contributed by atoms with E-state index >= 15 is 0 Å². The highest BCUT2D eigenvalue weighted by Crippen LogP contribution is 1.99. The van der Waals surface area contributed by atoms with E-state index in [-0.39, 0.29) is 5.46 Å². The SMILES string of the molecule is CC.OB(O)c1ccc(F)cc1F. The van der Waals surface area contributed by atoms with Gasteiger partial charge in [0, 0.05) is 11.5 Å².